The van der Waals surface area contributed by atoms with Crippen molar-refractivity contribution in [3.8, 4) is 11.3 Å². The Morgan fingerprint density at radius 3 is 2.53 bits per heavy atom. The number of hydrogen-bond acceptors (Lipinski definition) is 3. The lowest BCUT2D eigenvalue weighted by Crippen LogP contribution is -2.07. The molecule has 2 rings (SSSR count). The van der Waals surface area contributed by atoms with Crippen molar-refractivity contribution in [1.82, 2.24) is 20.2 Å². The number of nitrogens with one attached hydrogen (secondary N) is 2. The molecule has 0 aromatic carbocycles. The standard InChI is InChI=1S/C7H6F3N5/c8-7(9,10)5-3(1-13-15-5)4-2-12-6(11)14-4/h1-2H,(H,13,15)(H3,11,12,14). The largest absolute Gasteiger partial charge is 0.433 e. The molecule has 80 valence electrons. The predicted molar refractivity (Wildman–Crippen MR) is 45.6 cm³/mol. The van der Waals surface area contributed by atoms with Crippen LogP contribution in [0.3, 0.4) is 0 Å². The van der Waals surface area contributed by atoms with E-state index in [1.54, 1.807) is 0 Å². The fourth-order valence-electron chi connectivity index (χ4n) is 1.18. The first kappa shape index (κ1) is 9.56. The number of nitrogens with zero attached hydrogens (tertiary/aromatic N) is 2. The summed E-state index contributed by atoms with van der Waals surface area (Å²) in [4.78, 5) is 6.11. The highest BCUT2D eigenvalue weighted by Crippen LogP contribution is 2.34. The van der Waals surface area contributed by atoms with Crippen molar-refractivity contribution in [3.05, 3.63) is 18.1 Å². The van der Waals surface area contributed by atoms with Gasteiger partial charge < -0.3 is 10.7 Å². The molecule has 2 aromatic rings. The molecular formula is C7H6F3N5. The number of hydrogen-bond donors (Lipinski definition) is 3. The minimum absolute atomic E-state index is 0.0549. The highest BCUT2D eigenvalue weighted by molar-refractivity contribution is 5.62. The van der Waals surface area contributed by atoms with E-state index in [4.69, 9.17) is 5.73 Å². The van der Waals surface area contributed by atoms with E-state index in [1.165, 1.54) is 6.20 Å². The number of halogens is 3. The molecule has 0 atom stereocenters. The molecule has 0 spiro atoms. The minimum atomic E-state index is -4.48. The van der Waals surface area contributed by atoms with Crippen molar-refractivity contribution in [3.63, 3.8) is 0 Å². The molecule has 2 heterocycles. The Balaban J connectivity index is 2.50. The highest BCUT2D eigenvalue weighted by atomic mass is 19.4. The van der Waals surface area contributed by atoms with Crippen LogP contribution in [0.1, 0.15) is 5.69 Å². The lowest BCUT2D eigenvalue weighted by atomic mass is 10.2. The summed E-state index contributed by atoms with van der Waals surface area (Å²) in [6, 6.07) is 0. The van der Waals surface area contributed by atoms with E-state index in [-0.39, 0.29) is 17.2 Å². The smallest absolute Gasteiger partial charge is 0.369 e. The number of H-pyrrole nitrogens is 2. The summed E-state index contributed by atoms with van der Waals surface area (Å²) in [5.41, 5.74) is 4.41. The van der Waals surface area contributed by atoms with E-state index in [0.29, 0.717) is 0 Å². The molecule has 0 amide bonds. The molecule has 0 unspecified atom stereocenters. The number of alkyl halides is 3. The molecule has 8 heteroatoms. The Kier molecular flexibility index (Phi) is 1.92. The van der Waals surface area contributed by atoms with Crippen LogP contribution in [0.25, 0.3) is 11.3 Å². The van der Waals surface area contributed by atoms with Crippen molar-refractivity contribution in [2.24, 2.45) is 0 Å². The molecule has 0 saturated carbocycles. The van der Waals surface area contributed by atoms with Crippen molar-refractivity contribution in [2.75, 3.05) is 5.73 Å². The summed E-state index contributed by atoms with van der Waals surface area (Å²) in [6.07, 6.45) is -2.20. The van der Waals surface area contributed by atoms with Crippen molar-refractivity contribution < 1.29 is 13.2 Å². The predicted octanol–water partition coefficient (Wildman–Crippen LogP) is 1.40. The summed E-state index contributed by atoms with van der Waals surface area (Å²) < 4.78 is 37.3. The zero-order valence-electron chi connectivity index (χ0n) is 7.26. The molecule has 15 heavy (non-hydrogen) atoms. The van der Waals surface area contributed by atoms with Gasteiger partial charge in [0.25, 0.3) is 0 Å². The third-order valence-corrected chi connectivity index (χ3v) is 1.81. The van der Waals surface area contributed by atoms with Gasteiger partial charge in [-0.25, -0.2) is 4.98 Å². The van der Waals surface area contributed by atoms with E-state index >= 15 is 0 Å². The second kappa shape index (κ2) is 3.01. The molecule has 5 nitrogen and oxygen atoms in total. The maximum absolute atomic E-state index is 12.4. The van der Waals surface area contributed by atoms with Crippen LogP contribution in [0, 0.1) is 0 Å². The Labute approximate surface area is 81.5 Å². The fourth-order valence-corrected chi connectivity index (χ4v) is 1.18. The van der Waals surface area contributed by atoms with E-state index in [9.17, 15) is 13.2 Å². The monoisotopic (exact) mass is 217 g/mol. The van der Waals surface area contributed by atoms with Gasteiger partial charge in [-0.05, 0) is 0 Å². The first-order chi connectivity index (χ1) is 6.98. The second-order valence-corrected chi connectivity index (χ2v) is 2.84. The van der Waals surface area contributed by atoms with Gasteiger partial charge in [-0.1, -0.05) is 0 Å². The van der Waals surface area contributed by atoms with Crippen LogP contribution < -0.4 is 5.73 Å². The van der Waals surface area contributed by atoms with Crippen LogP contribution in [0.4, 0.5) is 19.1 Å². The molecular weight excluding hydrogens is 211 g/mol. The third-order valence-electron chi connectivity index (χ3n) is 1.81. The lowest BCUT2D eigenvalue weighted by Gasteiger charge is -2.04. The van der Waals surface area contributed by atoms with Gasteiger partial charge in [0.05, 0.1) is 18.1 Å². The summed E-state index contributed by atoms with van der Waals surface area (Å²) in [6.45, 7) is 0. The number of aromatic amines is 2. The van der Waals surface area contributed by atoms with Gasteiger partial charge in [0.15, 0.2) is 5.95 Å². The van der Waals surface area contributed by atoms with E-state index < -0.39 is 11.9 Å². The van der Waals surface area contributed by atoms with E-state index in [0.717, 1.165) is 6.20 Å². The Morgan fingerprint density at radius 2 is 2.00 bits per heavy atom. The Hall–Kier alpha value is -1.99. The molecule has 0 bridgehead atoms. The zero-order valence-corrected chi connectivity index (χ0v) is 7.26. The number of nitrogens with two attached hydrogens (primary N) is 1. The van der Waals surface area contributed by atoms with Crippen LogP contribution >= 0.6 is 0 Å². The van der Waals surface area contributed by atoms with Crippen molar-refractivity contribution in [1.29, 1.82) is 0 Å². The Bertz CT molecular complexity index is 469. The van der Waals surface area contributed by atoms with Gasteiger partial charge >= 0.3 is 6.18 Å². The first-order valence-electron chi connectivity index (χ1n) is 3.90. The molecule has 0 aliphatic carbocycles. The second-order valence-electron chi connectivity index (χ2n) is 2.84. The summed E-state index contributed by atoms with van der Waals surface area (Å²) >= 11 is 0. The average Bonchev–Trinajstić information content (AvgIpc) is 2.68. The normalized spacial score (nSPS) is 11.9. The summed E-state index contributed by atoms with van der Waals surface area (Å²) in [5.74, 6) is 0.0549. The number of imidazole rings is 1. The number of anilines is 1. The van der Waals surface area contributed by atoms with Crippen LogP contribution in [0.5, 0.6) is 0 Å². The number of nitrogen functional groups attached to an aromatic ring is 1. The number of rotatable bonds is 1. The van der Waals surface area contributed by atoms with Gasteiger partial charge in [0, 0.05) is 5.56 Å². The topological polar surface area (TPSA) is 83.4 Å². The molecule has 0 aliphatic heterocycles. The van der Waals surface area contributed by atoms with Crippen LogP contribution in [0.15, 0.2) is 12.4 Å². The van der Waals surface area contributed by atoms with Crippen molar-refractivity contribution in [2.45, 2.75) is 6.18 Å². The summed E-state index contributed by atoms with van der Waals surface area (Å²) in [7, 11) is 0. The van der Waals surface area contributed by atoms with Gasteiger partial charge in [-0.15, -0.1) is 0 Å². The van der Waals surface area contributed by atoms with Gasteiger partial charge in [0.1, 0.15) is 5.69 Å². The molecule has 0 aliphatic rings. The maximum Gasteiger partial charge on any atom is 0.433 e. The molecule has 0 saturated heterocycles. The lowest BCUT2D eigenvalue weighted by molar-refractivity contribution is -0.140. The average molecular weight is 217 g/mol. The van der Waals surface area contributed by atoms with E-state index in [1.807, 2.05) is 5.10 Å². The third kappa shape index (κ3) is 1.65. The van der Waals surface area contributed by atoms with Crippen LogP contribution in [0.2, 0.25) is 0 Å². The summed E-state index contributed by atoms with van der Waals surface area (Å²) in [5, 5.41) is 5.23. The Morgan fingerprint density at radius 1 is 1.27 bits per heavy atom. The first-order valence-corrected chi connectivity index (χ1v) is 3.90. The maximum atomic E-state index is 12.4. The number of aromatic nitrogens is 4. The van der Waals surface area contributed by atoms with E-state index in [2.05, 4.69) is 15.1 Å². The van der Waals surface area contributed by atoms with Gasteiger partial charge in [0.2, 0.25) is 0 Å². The highest BCUT2D eigenvalue weighted by Gasteiger charge is 2.36. The van der Waals surface area contributed by atoms with Gasteiger partial charge in [-0.2, -0.15) is 18.3 Å². The van der Waals surface area contributed by atoms with Crippen molar-refractivity contribution >= 4 is 5.95 Å². The quantitative estimate of drug-likeness (QED) is 0.675. The van der Waals surface area contributed by atoms with Crippen LogP contribution in [-0.4, -0.2) is 20.2 Å². The molecule has 0 fully saturated rings. The SMILES string of the molecule is Nc1ncc(-c2cn[nH]c2C(F)(F)F)[nH]1. The molecule has 4 N–H and O–H groups in total. The minimum Gasteiger partial charge on any atom is -0.369 e. The molecule has 0 radical (unpaired) electrons. The fraction of sp³-hybridized carbons (Fsp3) is 0.143. The zero-order chi connectivity index (χ0) is 11.1. The van der Waals surface area contributed by atoms with Crippen LogP contribution in [-0.2, 0) is 6.18 Å². The molecule has 2 aromatic heterocycles. The van der Waals surface area contributed by atoms with Gasteiger partial charge in [-0.3, -0.25) is 5.10 Å².